The average molecular weight is 302 g/mol. The summed E-state index contributed by atoms with van der Waals surface area (Å²) in [7, 11) is 1.48. The van der Waals surface area contributed by atoms with Crippen molar-refractivity contribution in [2.75, 3.05) is 12.8 Å². The van der Waals surface area contributed by atoms with Gasteiger partial charge in [-0.3, -0.25) is 0 Å². The summed E-state index contributed by atoms with van der Waals surface area (Å²) >= 11 is 5.99. The van der Waals surface area contributed by atoms with Crippen molar-refractivity contribution in [3.05, 3.63) is 47.0 Å². The Balaban J connectivity index is 2.46. The monoisotopic (exact) mass is 301 g/mol. The summed E-state index contributed by atoms with van der Waals surface area (Å²) < 4.78 is 42.7. The maximum absolute atomic E-state index is 12.6. The minimum atomic E-state index is -4.41. The Labute approximate surface area is 118 Å². The maximum atomic E-state index is 12.6. The second-order valence-electron chi connectivity index (χ2n) is 4.15. The minimum Gasteiger partial charge on any atom is -0.495 e. The van der Waals surface area contributed by atoms with Crippen molar-refractivity contribution in [2.24, 2.45) is 0 Å². The fraction of sp³-hybridized carbons (Fsp3) is 0.143. The summed E-state index contributed by atoms with van der Waals surface area (Å²) in [4.78, 5) is 0. The van der Waals surface area contributed by atoms with Gasteiger partial charge in [0, 0.05) is 11.3 Å². The molecule has 0 spiro atoms. The number of methoxy groups -OCH3 is 1. The lowest BCUT2D eigenvalue weighted by molar-refractivity contribution is -0.137. The Bertz CT molecular complexity index is 641. The average Bonchev–Trinajstić information content (AvgIpc) is 2.37. The van der Waals surface area contributed by atoms with Gasteiger partial charge in [0.1, 0.15) is 5.75 Å². The largest absolute Gasteiger partial charge is 0.495 e. The van der Waals surface area contributed by atoms with E-state index in [1.807, 2.05) is 0 Å². The molecule has 2 aromatic rings. The second-order valence-corrected chi connectivity index (χ2v) is 4.56. The molecule has 2 nitrogen and oxygen atoms in total. The van der Waals surface area contributed by atoms with E-state index >= 15 is 0 Å². The Morgan fingerprint density at radius 2 is 1.80 bits per heavy atom. The van der Waals surface area contributed by atoms with Gasteiger partial charge in [0.15, 0.2) is 0 Å². The van der Waals surface area contributed by atoms with E-state index < -0.39 is 11.7 Å². The Morgan fingerprint density at radius 3 is 2.30 bits per heavy atom. The van der Waals surface area contributed by atoms with Gasteiger partial charge in [0.2, 0.25) is 0 Å². The van der Waals surface area contributed by atoms with Crippen LogP contribution in [0.15, 0.2) is 36.4 Å². The number of nitrogens with two attached hydrogens (primary N) is 1. The van der Waals surface area contributed by atoms with Crippen LogP contribution in [0.5, 0.6) is 5.75 Å². The lowest BCUT2D eigenvalue weighted by Crippen LogP contribution is -2.06. The molecule has 2 rings (SSSR count). The molecule has 0 saturated carbocycles. The molecule has 0 atom stereocenters. The number of nitrogen functional groups attached to an aromatic ring is 1. The highest BCUT2D eigenvalue weighted by atomic mass is 35.5. The smallest absolute Gasteiger partial charge is 0.416 e. The third-order valence-electron chi connectivity index (χ3n) is 2.84. The highest BCUT2D eigenvalue weighted by molar-refractivity contribution is 6.32. The molecular formula is C14H11ClF3NO. The van der Waals surface area contributed by atoms with E-state index in [-0.39, 0.29) is 5.69 Å². The molecule has 106 valence electrons. The molecule has 0 aliphatic rings. The second kappa shape index (κ2) is 5.25. The predicted octanol–water partition coefficient (Wildman–Crippen LogP) is 4.62. The molecule has 0 bridgehead atoms. The van der Waals surface area contributed by atoms with Crippen LogP contribution in [-0.4, -0.2) is 7.11 Å². The first kappa shape index (κ1) is 14.5. The van der Waals surface area contributed by atoms with Crippen molar-refractivity contribution in [3.8, 4) is 16.9 Å². The Morgan fingerprint density at radius 1 is 1.10 bits per heavy atom. The molecule has 0 aliphatic heterocycles. The van der Waals surface area contributed by atoms with E-state index in [1.165, 1.54) is 13.2 Å². The molecule has 0 aromatic heterocycles. The summed E-state index contributed by atoms with van der Waals surface area (Å²) in [5.74, 6) is 0.487. The van der Waals surface area contributed by atoms with E-state index in [4.69, 9.17) is 22.1 Å². The number of ether oxygens (including phenoxy) is 1. The standard InChI is InChI=1S/C14H11ClF3NO/c1-20-13-5-2-8(6-11(13)15)10-4-3-9(7-12(10)19)14(16,17)18/h2-7H,19H2,1H3. The minimum absolute atomic E-state index is 0.0426. The first-order valence-corrected chi connectivity index (χ1v) is 6.01. The maximum Gasteiger partial charge on any atom is 0.416 e. The van der Waals surface area contributed by atoms with Crippen LogP contribution >= 0.6 is 11.6 Å². The van der Waals surface area contributed by atoms with Crippen molar-refractivity contribution in [1.29, 1.82) is 0 Å². The number of benzene rings is 2. The summed E-state index contributed by atoms with van der Waals surface area (Å²) in [6, 6.07) is 8.14. The van der Waals surface area contributed by atoms with E-state index in [1.54, 1.807) is 18.2 Å². The van der Waals surface area contributed by atoms with E-state index in [0.717, 1.165) is 12.1 Å². The zero-order chi connectivity index (χ0) is 14.9. The van der Waals surface area contributed by atoms with Crippen LogP contribution in [-0.2, 0) is 6.18 Å². The summed E-state index contributed by atoms with van der Waals surface area (Å²) in [5, 5.41) is 0.365. The highest BCUT2D eigenvalue weighted by Gasteiger charge is 2.30. The van der Waals surface area contributed by atoms with Crippen LogP contribution in [0.4, 0.5) is 18.9 Å². The van der Waals surface area contributed by atoms with Crippen LogP contribution in [0.3, 0.4) is 0 Å². The first-order valence-electron chi connectivity index (χ1n) is 5.63. The quantitative estimate of drug-likeness (QED) is 0.822. The van der Waals surface area contributed by atoms with Crippen LogP contribution in [0.1, 0.15) is 5.56 Å². The van der Waals surface area contributed by atoms with Gasteiger partial charge in [-0.05, 0) is 29.8 Å². The molecule has 20 heavy (non-hydrogen) atoms. The number of halogens is 4. The number of rotatable bonds is 2. The molecule has 0 amide bonds. The van der Waals surface area contributed by atoms with Gasteiger partial charge in [0.05, 0.1) is 17.7 Å². The summed E-state index contributed by atoms with van der Waals surface area (Å²) in [6.07, 6.45) is -4.41. The highest BCUT2D eigenvalue weighted by Crippen LogP contribution is 2.36. The van der Waals surface area contributed by atoms with Crippen molar-refractivity contribution in [1.82, 2.24) is 0 Å². The van der Waals surface area contributed by atoms with E-state index in [9.17, 15) is 13.2 Å². The van der Waals surface area contributed by atoms with Gasteiger partial charge in [-0.1, -0.05) is 23.7 Å². The van der Waals surface area contributed by atoms with Crippen molar-refractivity contribution in [2.45, 2.75) is 6.18 Å². The van der Waals surface area contributed by atoms with Gasteiger partial charge in [-0.25, -0.2) is 0 Å². The third-order valence-corrected chi connectivity index (χ3v) is 3.14. The van der Waals surface area contributed by atoms with E-state index in [0.29, 0.717) is 21.9 Å². The summed E-state index contributed by atoms with van der Waals surface area (Å²) in [5.41, 5.74) is 6.08. The molecule has 2 aromatic carbocycles. The Hall–Kier alpha value is -1.88. The lowest BCUT2D eigenvalue weighted by atomic mass is 10.0. The fourth-order valence-corrected chi connectivity index (χ4v) is 2.09. The van der Waals surface area contributed by atoms with Crippen molar-refractivity contribution in [3.63, 3.8) is 0 Å². The van der Waals surface area contributed by atoms with Gasteiger partial charge in [-0.2, -0.15) is 13.2 Å². The van der Waals surface area contributed by atoms with Gasteiger partial charge in [-0.15, -0.1) is 0 Å². The van der Waals surface area contributed by atoms with Crippen LogP contribution in [0.2, 0.25) is 5.02 Å². The zero-order valence-electron chi connectivity index (χ0n) is 10.5. The lowest BCUT2D eigenvalue weighted by Gasteiger charge is -2.12. The number of anilines is 1. The third kappa shape index (κ3) is 2.82. The van der Waals surface area contributed by atoms with Gasteiger partial charge >= 0.3 is 6.18 Å². The molecule has 0 aliphatic carbocycles. The normalized spacial score (nSPS) is 11.4. The molecule has 0 unspecified atom stereocenters. The fourth-order valence-electron chi connectivity index (χ4n) is 1.84. The molecule has 0 saturated heterocycles. The summed E-state index contributed by atoms with van der Waals surface area (Å²) in [6.45, 7) is 0. The molecule has 0 heterocycles. The molecular weight excluding hydrogens is 291 g/mol. The van der Waals surface area contributed by atoms with Gasteiger partial charge in [0.25, 0.3) is 0 Å². The zero-order valence-corrected chi connectivity index (χ0v) is 11.2. The number of hydrogen-bond donors (Lipinski definition) is 1. The van der Waals surface area contributed by atoms with E-state index in [2.05, 4.69) is 0 Å². The molecule has 2 N–H and O–H groups in total. The van der Waals surface area contributed by atoms with Crippen LogP contribution in [0, 0.1) is 0 Å². The topological polar surface area (TPSA) is 35.2 Å². The van der Waals surface area contributed by atoms with Crippen LogP contribution in [0.25, 0.3) is 11.1 Å². The SMILES string of the molecule is COc1ccc(-c2ccc(C(F)(F)F)cc2N)cc1Cl. The molecule has 0 fully saturated rings. The van der Waals surface area contributed by atoms with Crippen molar-refractivity contribution >= 4 is 17.3 Å². The first-order chi connectivity index (χ1) is 9.32. The Kier molecular flexibility index (Phi) is 3.81. The molecule has 0 radical (unpaired) electrons. The van der Waals surface area contributed by atoms with Gasteiger partial charge < -0.3 is 10.5 Å². The van der Waals surface area contributed by atoms with Crippen molar-refractivity contribution < 1.29 is 17.9 Å². The number of hydrogen-bond acceptors (Lipinski definition) is 2. The number of alkyl halides is 3. The van der Waals surface area contributed by atoms with Crippen LogP contribution < -0.4 is 10.5 Å². The molecule has 6 heteroatoms. The predicted molar refractivity (Wildman–Crippen MR) is 72.9 cm³/mol.